The van der Waals surface area contributed by atoms with Gasteiger partial charge in [-0.05, 0) is 25.0 Å². The predicted octanol–water partition coefficient (Wildman–Crippen LogP) is 4.46. The molecular weight excluding hydrogens is 331 g/mol. The van der Waals surface area contributed by atoms with E-state index in [1.165, 1.54) is 13.2 Å². The van der Waals surface area contributed by atoms with Crippen molar-refractivity contribution in [2.24, 2.45) is 0 Å². The van der Waals surface area contributed by atoms with Crippen LogP contribution in [0.4, 0.5) is 18.9 Å². The second-order valence-corrected chi connectivity index (χ2v) is 6.53. The van der Waals surface area contributed by atoms with Crippen molar-refractivity contribution in [3.63, 3.8) is 0 Å². The Morgan fingerprint density at radius 3 is 2.48 bits per heavy atom. The third-order valence-corrected chi connectivity index (χ3v) is 5.07. The highest BCUT2D eigenvalue weighted by atomic mass is 35.5. The lowest BCUT2D eigenvalue weighted by atomic mass is 9.70. The van der Waals surface area contributed by atoms with E-state index in [2.05, 4.69) is 0 Å². The van der Waals surface area contributed by atoms with Crippen LogP contribution >= 0.6 is 11.6 Å². The van der Waals surface area contributed by atoms with Crippen molar-refractivity contribution in [1.29, 1.82) is 0 Å². The molecule has 0 aromatic heterocycles. The molecule has 2 aliphatic rings. The minimum Gasteiger partial charge on any atom is -0.495 e. The molecule has 0 saturated heterocycles. The molecule has 126 valence electrons. The monoisotopic (exact) mass is 347 g/mol. The summed E-state index contributed by atoms with van der Waals surface area (Å²) >= 11 is 6.31. The number of methoxy groups -OCH3 is 1. The summed E-state index contributed by atoms with van der Waals surface area (Å²) in [5.41, 5.74) is -0.249. The average Bonchev–Trinajstić information content (AvgIpc) is 2.71. The summed E-state index contributed by atoms with van der Waals surface area (Å²) in [6.45, 7) is -1.32. The van der Waals surface area contributed by atoms with Gasteiger partial charge in [-0.25, -0.2) is 0 Å². The van der Waals surface area contributed by atoms with Crippen LogP contribution in [0.2, 0.25) is 5.02 Å². The molecule has 0 N–H and O–H groups in total. The van der Waals surface area contributed by atoms with Crippen molar-refractivity contribution >= 4 is 23.2 Å². The number of benzene rings is 1. The van der Waals surface area contributed by atoms with E-state index >= 15 is 0 Å². The van der Waals surface area contributed by atoms with E-state index < -0.39 is 24.0 Å². The number of carbonyl (C=O) groups is 1. The van der Waals surface area contributed by atoms with E-state index in [0.29, 0.717) is 23.4 Å². The number of hydrogen-bond acceptors (Lipinski definition) is 2. The third-order valence-electron chi connectivity index (χ3n) is 4.76. The van der Waals surface area contributed by atoms with Crippen molar-refractivity contribution in [2.75, 3.05) is 18.6 Å². The van der Waals surface area contributed by atoms with Gasteiger partial charge in [0, 0.05) is 10.6 Å². The van der Waals surface area contributed by atoms with Crippen LogP contribution < -0.4 is 9.64 Å². The summed E-state index contributed by atoms with van der Waals surface area (Å²) in [6, 6.07) is 3.11. The standard InChI is InChI=1S/C16H17ClF3NO2/c1-23-11-6-5-10(17)12-13(11)21(9-16(18,19)20)14(22)15(12)7-3-2-4-8-15/h5-6H,2-4,7-9H2,1H3. The van der Waals surface area contributed by atoms with Gasteiger partial charge in [-0.2, -0.15) is 13.2 Å². The fourth-order valence-corrected chi connectivity index (χ4v) is 4.18. The lowest BCUT2D eigenvalue weighted by Crippen LogP contribution is -2.45. The fourth-order valence-electron chi connectivity index (χ4n) is 3.85. The molecule has 1 aromatic carbocycles. The largest absolute Gasteiger partial charge is 0.495 e. The quantitative estimate of drug-likeness (QED) is 0.790. The molecule has 1 spiro atoms. The zero-order valence-electron chi connectivity index (χ0n) is 12.7. The molecule has 1 saturated carbocycles. The second-order valence-electron chi connectivity index (χ2n) is 6.12. The first-order chi connectivity index (χ1) is 10.8. The van der Waals surface area contributed by atoms with Gasteiger partial charge >= 0.3 is 6.18 Å². The van der Waals surface area contributed by atoms with E-state index in [-0.39, 0.29) is 11.4 Å². The van der Waals surface area contributed by atoms with Crippen LogP contribution in [-0.2, 0) is 10.2 Å². The first kappa shape index (κ1) is 16.4. The number of fused-ring (bicyclic) bond motifs is 2. The molecule has 3 rings (SSSR count). The number of ether oxygens (including phenoxy) is 1. The predicted molar refractivity (Wildman–Crippen MR) is 81.2 cm³/mol. The summed E-state index contributed by atoms with van der Waals surface area (Å²) in [7, 11) is 1.38. The fraction of sp³-hybridized carbons (Fsp3) is 0.562. The zero-order chi connectivity index (χ0) is 16.8. The average molecular weight is 348 g/mol. The first-order valence-electron chi connectivity index (χ1n) is 7.56. The molecule has 1 fully saturated rings. The van der Waals surface area contributed by atoms with E-state index in [1.54, 1.807) is 6.07 Å². The summed E-state index contributed by atoms with van der Waals surface area (Å²) in [4.78, 5) is 13.8. The van der Waals surface area contributed by atoms with Gasteiger partial charge in [0.05, 0.1) is 18.2 Å². The molecular formula is C16H17ClF3NO2. The molecule has 0 atom stereocenters. The maximum atomic E-state index is 13.0. The molecule has 1 aliphatic heterocycles. The van der Waals surface area contributed by atoms with E-state index in [1.807, 2.05) is 0 Å². The van der Waals surface area contributed by atoms with Gasteiger partial charge < -0.3 is 4.74 Å². The van der Waals surface area contributed by atoms with Crippen LogP contribution in [0.25, 0.3) is 0 Å². The highest BCUT2D eigenvalue weighted by Gasteiger charge is 2.55. The lowest BCUT2D eigenvalue weighted by Gasteiger charge is -2.33. The van der Waals surface area contributed by atoms with Crippen molar-refractivity contribution in [2.45, 2.75) is 43.7 Å². The highest BCUT2D eigenvalue weighted by molar-refractivity contribution is 6.33. The lowest BCUT2D eigenvalue weighted by molar-refractivity contribution is -0.135. The van der Waals surface area contributed by atoms with Crippen LogP contribution in [0.1, 0.15) is 37.7 Å². The molecule has 1 aliphatic carbocycles. The smallest absolute Gasteiger partial charge is 0.406 e. The van der Waals surface area contributed by atoms with Gasteiger partial charge in [0.25, 0.3) is 0 Å². The zero-order valence-corrected chi connectivity index (χ0v) is 13.4. The summed E-state index contributed by atoms with van der Waals surface area (Å²) in [5.74, 6) is -0.250. The molecule has 7 heteroatoms. The molecule has 3 nitrogen and oxygen atoms in total. The molecule has 23 heavy (non-hydrogen) atoms. The van der Waals surface area contributed by atoms with Gasteiger partial charge in [-0.3, -0.25) is 9.69 Å². The normalized spacial score (nSPS) is 20.0. The number of hydrogen-bond donors (Lipinski definition) is 0. The van der Waals surface area contributed by atoms with Crippen molar-refractivity contribution in [3.05, 3.63) is 22.7 Å². The molecule has 1 heterocycles. The van der Waals surface area contributed by atoms with Gasteiger partial charge in [0.1, 0.15) is 12.3 Å². The second kappa shape index (κ2) is 5.58. The highest BCUT2D eigenvalue weighted by Crippen LogP contribution is 2.56. The Labute approximate surface area is 137 Å². The molecule has 1 aromatic rings. The van der Waals surface area contributed by atoms with Gasteiger partial charge in [0.15, 0.2) is 0 Å². The Balaban J connectivity index is 2.20. The number of carbonyl (C=O) groups excluding carboxylic acids is 1. The Kier molecular flexibility index (Phi) is 3.99. The number of anilines is 1. The summed E-state index contributed by atoms with van der Waals surface area (Å²) < 4.78 is 44.2. The first-order valence-corrected chi connectivity index (χ1v) is 7.94. The minimum atomic E-state index is -4.49. The Morgan fingerprint density at radius 2 is 1.91 bits per heavy atom. The van der Waals surface area contributed by atoms with E-state index in [9.17, 15) is 18.0 Å². The van der Waals surface area contributed by atoms with Crippen molar-refractivity contribution in [1.82, 2.24) is 0 Å². The number of alkyl halides is 3. The summed E-state index contributed by atoms with van der Waals surface area (Å²) in [5, 5.41) is 0.334. The number of nitrogens with zero attached hydrogens (tertiary/aromatic N) is 1. The minimum absolute atomic E-state index is 0.184. The molecule has 0 bridgehead atoms. The van der Waals surface area contributed by atoms with Gasteiger partial charge in [0.2, 0.25) is 5.91 Å². The molecule has 0 radical (unpaired) electrons. The number of amides is 1. The molecule has 0 unspecified atom stereocenters. The van der Waals surface area contributed by atoms with Crippen molar-refractivity contribution < 1.29 is 22.7 Å². The SMILES string of the molecule is COc1ccc(Cl)c2c1N(CC(F)(F)F)C(=O)C21CCCCC1. The van der Waals surface area contributed by atoms with Gasteiger partial charge in [-0.15, -0.1) is 0 Å². The Bertz CT molecular complexity index is 639. The summed E-state index contributed by atoms with van der Waals surface area (Å²) in [6.07, 6.45) is -0.844. The van der Waals surface area contributed by atoms with Crippen LogP contribution in [-0.4, -0.2) is 25.7 Å². The van der Waals surface area contributed by atoms with E-state index in [4.69, 9.17) is 16.3 Å². The van der Waals surface area contributed by atoms with Crippen LogP contribution in [0.5, 0.6) is 5.75 Å². The Morgan fingerprint density at radius 1 is 1.26 bits per heavy atom. The Hall–Kier alpha value is -1.43. The maximum absolute atomic E-state index is 13.0. The number of rotatable bonds is 2. The topological polar surface area (TPSA) is 29.5 Å². The van der Waals surface area contributed by atoms with Crippen LogP contribution in [0, 0.1) is 0 Å². The maximum Gasteiger partial charge on any atom is 0.406 e. The van der Waals surface area contributed by atoms with Crippen LogP contribution in [0.15, 0.2) is 12.1 Å². The van der Waals surface area contributed by atoms with E-state index in [0.717, 1.165) is 24.2 Å². The third kappa shape index (κ3) is 2.57. The van der Waals surface area contributed by atoms with Crippen LogP contribution in [0.3, 0.4) is 0 Å². The molecule has 1 amide bonds. The number of halogens is 4. The van der Waals surface area contributed by atoms with Gasteiger partial charge in [-0.1, -0.05) is 30.9 Å². The van der Waals surface area contributed by atoms with Crippen molar-refractivity contribution in [3.8, 4) is 5.75 Å².